The van der Waals surface area contributed by atoms with Gasteiger partial charge in [-0.15, -0.1) is 0 Å². The van der Waals surface area contributed by atoms with E-state index in [1.54, 1.807) is 0 Å². The van der Waals surface area contributed by atoms with Gasteiger partial charge in [0.25, 0.3) is 0 Å². The molecule has 0 saturated carbocycles. The van der Waals surface area contributed by atoms with Gasteiger partial charge in [0.1, 0.15) is 30.5 Å². The number of aliphatic hydroxyl groups is 5. The van der Waals surface area contributed by atoms with E-state index < -0.39 is 78.5 Å². The van der Waals surface area contributed by atoms with Crippen molar-refractivity contribution in [3.8, 4) is 0 Å². The Kier molecular flexibility index (Phi) is 31.7. The Morgan fingerprint density at radius 1 is 0.696 bits per heavy atom. The lowest BCUT2D eigenvalue weighted by Gasteiger charge is -2.41. The molecule has 13 nitrogen and oxygen atoms in total. The third-order valence-electron chi connectivity index (χ3n) is 10.7. The van der Waals surface area contributed by atoms with E-state index in [4.69, 9.17) is 14.0 Å². The summed E-state index contributed by atoms with van der Waals surface area (Å²) in [6.07, 6.45) is 22.8. The van der Waals surface area contributed by atoms with E-state index >= 15 is 0 Å². The molecule has 7 N–H and O–H groups in total. The van der Waals surface area contributed by atoms with Crippen LogP contribution in [0.15, 0.2) is 12.2 Å². The van der Waals surface area contributed by atoms with Crippen LogP contribution < -0.4 is 5.32 Å². The van der Waals surface area contributed by atoms with E-state index in [0.29, 0.717) is 19.3 Å². The van der Waals surface area contributed by atoms with E-state index in [0.717, 1.165) is 57.8 Å². The van der Waals surface area contributed by atoms with Gasteiger partial charge in [0.2, 0.25) is 5.91 Å². The van der Waals surface area contributed by atoms with Crippen molar-refractivity contribution in [1.82, 2.24) is 5.32 Å². The number of hydrogen-bond acceptors (Lipinski definition) is 11. The van der Waals surface area contributed by atoms with Crippen LogP contribution in [0.25, 0.3) is 0 Å². The largest absolute Gasteiger partial charge is 0.397 e. The summed E-state index contributed by atoms with van der Waals surface area (Å²) in [5.74, 6) is -0.676. The highest BCUT2D eigenvalue weighted by Gasteiger charge is 2.48. The molecule has 1 fully saturated rings. The number of carbonyl (C=O) groups excluding carboxylic acids is 1. The second-order valence-electron chi connectivity index (χ2n) is 15.8. The number of rotatable bonds is 37. The van der Waals surface area contributed by atoms with Crippen molar-refractivity contribution in [2.75, 3.05) is 13.2 Å². The molecule has 8 unspecified atom stereocenters. The number of allylic oxidation sites excluding steroid dienone is 2. The second kappa shape index (κ2) is 33.6. The summed E-state index contributed by atoms with van der Waals surface area (Å²) >= 11 is 0. The van der Waals surface area contributed by atoms with Crippen LogP contribution in [-0.4, -0.2) is 107 Å². The van der Waals surface area contributed by atoms with Gasteiger partial charge in [-0.2, -0.15) is 8.42 Å². The van der Waals surface area contributed by atoms with Crippen LogP contribution in [0.2, 0.25) is 0 Å². The number of ether oxygens (including phenoxy) is 2. The molecule has 1 amide bonds. The molecule has 332 valence electrons. The molecule has 1 aliphatic rings. The van der Waals surface area contributed by atoms with Crippen molar-refractivity contribution in [3.05, 3.63) is 12.2 Å². The second-order valence-corrected chi connectivity index (χ2v) is 16.8. The molecule has 56 heavy (non-hydrogen) atoms. The summed E-state index contributed by atoms with van der Waals surface area (Å²) in [5.41, 5.74) is 0. The molecular weight excluding hydrogens is 743 g/mol. The van der Waals surface area contributed by atoms with Gasteiger partial charge in [0.15, 0.2) is 6.29 Å². The van der Waals surface area contributed by atoms with Crippen molar-refractivity contribution in [2.24, 2.45) is 0 Å². The van der Waals surface area contributed by atoms with E-state index in [1.165, 1.54) is 89.9 Å². The lowest BCUT2D eigenvalue weighted by atomic mass is 9.99. The van der Waals surface area contributed by atoms with Crippen molar-refractivity contribution in [2.45, 2.75) is 236 Å². The molecule has 0 aliphatic carbocycles. The first-order chi connectivity index (χ1) is 26.9. The van der Waals surface area contributed by atoms with Gasteiger partial charge in [-0.1, -0.05) is 161 Å². The third kappa shape index (κ3) is 26.0. The predicted octanol–water partition coefficient (Wildman–Crippen LogP) is 6.97. The summed E-state index contributed by atoms with van der Waals surface area (Å²) < 4.78 is 47.4. The standard InChI is InChI=1S/C42H81NO12S/c1-3-5-7-9-11-13-14-15-16-17-18-19-20-21-23-25-27-29-31-36(46)41(49)43-34(35(45)30-28-26-24-22-12-10-8-6-4-2)33-53-42-39(48)40(55-56(50,51)52)38(47)37(32-44)54-42/h17-18,34-40,42,44-48H,3-16,19-33H2,1-2H3,(H,43,49)(H,50,51,52)/b18-17-. The summed E-state index contributed by atoms with van der Waals surface area (Å²) in [7, 11) is -5.10. The number of hydrogen-bond donors (Lipinski definition) is 7. The molecule has 14 heteroatoms. The van der Waals surface area contributed by atoms with Gasteiger partial charge in [-0.3, -0.25) is 9.35 Å². The zero-order valence-corrected chi connectivity index (χ0v) is 35.6. The normalized spacial score (nSPS) is 22.0. The Morgan fingerprint density at radius 2 is 1.14 bits per heavy atom. The van der Waals surface area contributed by atoms with Crippen LogP contribution in [0.4, 0.5) is 0 Å². The van der Waals surface area contributed by atoms with E-state index in [-0.39, 0.29) is 6.42 Å². The van der Waals surface area contributed by atoms with Crippen molar-refractivity contribution in [3.63, 3.8) is 0 Å². The molecule has 1 saturated heterocycles. The number of unbranched alkanes of at least 4 members (excludes halogenated alkanes) is 22. The minimum atomic E-state index is -5.10. The van der Waals surface area contributed by atoms with Crippen molar-refractivity contribution >= 4 is 16.3 Å². The van der Waals surface area contributed by atoms with Gasteiger partial charge in [-0.05, 0) is 38.5 Å². The van der Waals surface area contributed by atoms with Gasteiger partial charge in [0.05, 0.1) is 25.4 Å². The van der Waals surface area contributed by atoms with Crippen molar-refractivity contribution < 1.29 is 57.0 Å². The highest BCUT2D eigenvalue weighted by atomic mass is 32.3. The Bertz CT molecular complexity index is 1080. The minimum absolute atomic E-state index is 0.254. The van der Waals surface area contributed by atoms with Gasteiger partial charge < -0.3 is 40.3 Å². The molecule has 1 aliphatic heterocycles. The van der Waals surface area contributed by atoms with Crippen LogP contribution in [0, 0.1) is 0 Å². The Balaban J connectivity index is 2.52. The van der Waals surface area contributed by atoms with Gasteiger partial charge in [0, 0.05) is 0 Å². The molecule has 8 atom stereocenters. The van der Waals surface area contributed by atoms with E-state index in [9.17, 15) is 38.7 Å². The average Bonchev–Trinajstić information content (AvgIpc) is 3.16. The highest BCUT2D eigenvalue weighted by molar-refractivity contribution is 7.80. The molecule has 1 heterocycles. The fourth-order valence-electron chi connectivity index (χ4n) is 7.11. The zero-order chi connectivity index (χ0) is 41.4. The molecule has 0 aromatic carbocycles. The highest BCUT2D eigenvalue weighted by Crippen LogP contribution is 2.26. The van der Waals surface area contributed by atoms with E-state index in [1.807, 2.05) is 0 Å². The fourth-order valence-corrected chi connectivity index (χ4v) is 7.61. The Labute approximate surface area is 339 Å². The van der Waals surface area contributed by atoms with Gasteiger partial charge in [-0.25, -0.2) is 4.18 Å². The number of aliphatic hydroxyl groups excluding tert-OH is 5. The quantitative estimate of drug-likeness (QED) is 0.0192. The first-order valence-corrected chi connectivity index (χ1v) is 23.5. The lowest BCUT2D eigenvalue weighted by molar-refractivity contribution is -0.298. The topological polar surface area (TPSA) is 212 Å². The van der Waals surface area contributed by atoms with Crippen LogP contribution in [-0.2, 0) is 28.9 Å². The third-order valence-corrected chi connectivity index (χ3v) is 11.1. The SMILES string of the molecule is CCCCCCCCCC/C=C\CCCCCCCCC(O)C(=O)NC(COC1OC(CO)C(O)C(OS(=O)(=O)O)C1O)C(O)CCCCCCCCCCC. The Morgan fingerprint density at radius 3 is 1.61 bits per heavy atom. The number of carbonyl (C=O) groups is 1. The molecular formula is C42H81NO12S. The molecule has 0 spiro atoms. The maximum absolute atomic E-state index is 13.1. The Hall–Kier alpha value is -1.20. The first kappa shape index (κ1) is 52.8. The maximum atomic E-state index is 13.1. The molecule has 0 radical (unpaired) electrons. The molecule has 1 rings (SSSR count). The molecule has 0 aromatic rings. The number of nitrogens with one attached hydrogen (secondary N) is 1. The monoisotopic (exact) mass is 824 g/mol. The summed E-state index contributed by atoms with van der Waals surface area (Å²) in [6, 6.07) is -1.03. The van der Waals surface area contributed by atoms with Gasteiger partial charge >= 0.3 is 10.4 Å². The van der Waals surface area contributed by atoms with Crippen molar-refractivity contribution in [1.29, 1.82) is 0 Å². The van der Waals surface area contributed by atoms with E-state index in [2.05, 4.69) is 35.5 Å². The first-order valence-electron chi connectivity index (χ1n) is 22.2. The predicted molar refractivity (Wildman–Crippen MR) is 219 cm³/mol. The lowest BCUT2D eigenvalue weighted by Crippen LogP contribution is -2.61. The fraction of sp³-hybridized carbons (Fsp3) is 0.929. The summed E-state index contributed by atoms with van der Waals surface area (Å²) in [5, 5.41) is 55.1. The summed E-state index contributed by atoms with van der Waals surface area (Å²) in [4.78, 5) is 13.1. The summed E-state index contributed by atoms with van der Waals surface area (Å²) in [6.45, 7) is 3.23. The van der Waals surface area contributed by atoms with Crippen LogP contribution in [0.3, 0.4) is 0 Å². The molecule has 0 bridgehead atoms. The maximum Gasteiger partial charge on any atom is 0.397 e. The number of amides is 1. The minimum Gasteiger partial charge on any atom is -0.394 e. The van der Waals surface area contributed by atoms with Crippen LogP contribution in [0.5, 0.6) is 0 Å². The van der Waals surface area contributed by atoms with Crippen LogP contribution >= 0.6 is 0 Å². The molecule has 0 aromatic heterocycles. The smallest absolute Gasteiger partial charge is 0.394 e. The average molecular weight is 824 g/mol. The zero-order valence-electron chi connectivity index (χ0n) is 34.8. The van der Waals surface area contributed by atoms with Crippen LogP contribution in [0.1, 0.15) is 187 Å².